The number of tetrazole rings is 1. The summed E-state index contributed by atoms with van der Waals surface area (Å²) in [5.41, 5.74) is 2.80. The van der Waals surface area contributed by atoms with Crippen LogP contribution >= 0.6 is 0 Å². The van der Waals surface area contributed by atoms with E-state index in [1.165, 1.54) is 53.2 Å². The first-order chi connectivity index (χ1) is 16.1. The zero-order valence-electron chi connectivity index (χ0n) is 18.6. The van der Waals surface area contributed by atoms with Crippen LogP contribution in [0.5, 0.6) is 0 Å². The number of aromatic nitrogens is 4. The second kappa shape index (κ2) is 9.02. The summed E-state index contributed by atoms with van der Waals surface area (Å²) >= 11 is 0. The zero-order chi connectivity index (χ0) is 24.5. The van der Waals surface area contributed by atoms with E-state index in [2.05, 4.69) is 25.6 Å². The third-order valence-corrected chi connectivity index (χ3v) is 6.64. The molecule has 0 radical (unpaired) electrons. The fourth-order valence-corrected chi connectivity index (χ4v) is 4.33. The standard InChI is InChI=1S/C23H21FN6O3S/c1-14-4-10-20(12-15(14)2)34(32,33)27-18-7-5-17(6-8-18)23(31)25-22-13-19(9-11-21(22)24)30-16(3)26-28-29-30/h4-13,27H,1-3H3,(H,25,31). The van der Waals surface area contributed by atoms with Crippen molar-refractivity contribution in [2.45, 2.75) is 25.7 Å². The van der Waals surface area contributed by atoms with Gasteiger partial charge in [0.05, 0.1) is 16.3 Å². The number of carbonyl (C=O) groups is 1. The Morgan fingerprint density at radius 3 is 2.32 bits per heavy atom. The number of rotatable bonds is 6. The molecule has 0 atom stereocenters. The molecule has 0 aliphatic rings. The van der Waals surface area contributed by atoms with Gasteiger partial charge in [0.15, 0.2) is 5.82 Å². The molecule has 1 amide bonds. The van der Waals surface area contributed by atoms with Crippen LogP contribution in [-0.4, -0.2) is 34.5 Å². The van der Waals surface area contributed by atoms with Gasteiger partial charge < -0.3 is 5.32 Å². The van der Waals surface area contributed by atoms with Gasteiger partial charge in [-0.2, -0.15) is 4.68 Å². The molecule has 0 aliphatic heterocycles. The van der Waals surface area contributed by atoms with Gasteiger partial charge in [0.1, 0.15) is 5.82 Å². The summed E-state index contributed by atoms with van der Waals surface area (Å²) in [6.45, 7) is 5.43. The van der Waals surface area contributed by atoms with Crippen LogP contribution in [0.15, 0.2) is 65.6 Å². The highest BCUT2D eigenvalue weighted by molar-refractivity contribution is 7.92. The maximum atomic E-state index is 14.3. The minimum Gasteiger partial charge on any atom is -0.319 e. The molecule has 9 nitrogen and oxygen atoms in total. The first-order valence-electron chi connectivity index (χ1n) is 10.2. The number of benzene rings is 3. The average molecular weight is 481 g/mol. The summed E-state index contributed by atoms with van der Waals surface area (Å²) in [4.78, 5) is 12.8. The van der Waals surface area contributed by atoms with Crippen molar-refractivity contribution < 1.29 is 17.6 Å². The lowest BCUT2D eigenvalue weighted by Gasteiger charge is -2.11. The van der Waals surface area contributed by atoms with Gasteiger partial charge in [-0.3, -0.25) is 9.52 Å². The topological polar surface area (TPSA) is 119 Å². The molecule has 1 heterocycles. The molecular weight excluding hydrogens is 459 g/mol. The summed E-state index contributed by atoms with van der Waals surface area (Å²) in [6.07, 6.45) is 0. The van der Waals surface area contributed by atoms with Gasteiger partial charge >= 0.3 is 0 Å². The molecule has 3 aromatic carbocycles. The van der Waals surface area contributed by atoms with E-state index < -0.39 is 21.7 Å². The number of hydrogen-bond donors (Lipinski definition) is 2. The lowest BCUT2D eigenvalue weighted by atomic mass is 10.1. The van der Waals surface area contributed by atoms with Crippen molar-refractivity contribution in [1.82, 2.24) is 20.2 Å². The fourth-order valence-electron chi connectivity index (χ4n) is 3.19. The predicted octanol–water partition coefficient (Wildman–Crippen LogP) is 3.78. The molecule has 0 bridgehead atoms. The largest absolute Gasteiger partial charge is 0.319 e. The van der Waals surface area contributed by atoms with E-state index in [0.29, 0.717) is 11.5 Å². The smallest absolute Gasteiger partial charge is 0.261 e. The number of amides is 1. The minimum atomic E-state index is -3.79. The van der Waals surface area contributed by atoms with Crippen molar-refractivity contribution in [3.63, 3.8) is 0 Å². The van der Waals surface area contributed by atoms with Crippen LogP contribution < -0.4 is 10.0 Å². The normalized spacial score (nSPS) is 11.3. The molecule has 11 heteroatoms. The predicted molar refractivity (Wildman–Crippen MR) is 125 cm³/mol. The Morgan fingerprint density at radius 1 is 0.941 bits per heavy atom. The second-order valence-electron chi connectivity index (χ2n) is 7.69. The number of sulfonamides is 1. The van der Waals surface area contributed by atoms with Gasteiger partial charge in [0, 0.05) is 11.3 Å². The Bertz CT molecular complexity index is 1480. The van der Waals surface area contributed by atoms with E-state index in [0.717, 1.165) is 11.1 Å². The number of aryl methyl sites for hydroxylation is 3. The number of nitrogens with one attached hydrogen (secondary N) is 2. The molecule has 34 heavy (non-hydrogen) atoms. The summed E-state index contributed by atoms with van der Waals surface area (Å²) in [5, 5.41) is 13.7. The van der Waals surface area contributed by atoms with Gasteiger partial charge in [-0.15, -0.1) is 5.10 Å². The van der Waals surface area contributed by atoms with Gasteiger partial charge in [0.2, 0.25) is 0 Å². The third-order valence-electron chi connectivity index (χ3n) is 5.26. The number of carbonyl (C=O) groups excluding carboxylic acids is 1. The van der Waals surface area contributed by atoms with E-state index in [9.17, 15) is 17.6 Å². The Morgan fingerprint density at radius 2 is 1.68 bits per heavy atom. The molecular formula is C23H21FN6O3S. The monoisotopic (exact) mass is 480 g/mol. The minimum absolute atomic E-state index is 0.0445. The molecule has 1 aromatic heterocycles. The Kier molecular flexibility index (Phi) is 6.12. The molecule has 0 saturated heterocycles. The SMILES string of the molecule is Cc1ccc(S(=O)(=O)Nc2ccc(C(=O)Nc3cc(-n4nnnc4C)ccc3F)cc2)cc1C. The van der Waals surface area contributed by atoms with E-state index >= 15 is 0 Å². The first kappa shape index (κ1) is 23.1. The maximum Gasteiger partial charge on any atom is 0.261 e. The van der Waals surface area contributed by atoms with Crippen LogP contribution in [0.1, 0.15) is 27.3 Å². The summed E-state index contributed by atoms with van der Waals surface area (Å²) in [7, 11) is -3.79. The Labute approximate surface area is 195 Å². The third kappa shape index (κ3) is 4.79. The molecule has 0 spiro atoms. The van der Waals surface area contributed by atoms with Gasteiger partial charge in [-0.05, 0) is 96.9 Å². The number of halogens is 1. The average Bonchev–Trinajstić information content (AvgIpc) is 3.23. The van der Waals surface area contributed by atoms with Gasteiger partial charge in [-0.1, -0.05) is 6.07 Å². The van der Waals surface area contributed by atoms with Crippen molar-refractivity contribution in [3.05, 3.63) is 89.0 Å². The summed E-state index contributed by atoms with van der Waals surface area (Å²) in [6, 6.07) is 14.8. The van der Waals surface area contributed by atoms with E-state index in [4.69, 9.17) is 0 Å². The molecule has 2 N–H and O–H groups in total. The number of nitrogens with zero attached hydrogens (tertiary/aromatic N) is 4. The van der Waals surface area contributed by atoms with Crippen LogP contribution in [-0.2, 0) is 10.0 Å². The maximum absolute atomic E-state index is 14.3. The lowest BCUT2D eigenvalue weighted by molar-refractivity contribution is 0.102. The fraction of sp³-hybridized carbons (Fsp3) is 0.130. The van der Waals surface area contributed by atoms with Gasteiger partial charge in [0.25, 0.3) is 15.9 Å². The van der Waals surface area contributed by atoms with Crippen molar-refractivity contribution in [3.8, 4) is 5.69 Å². The molecule has 4 rings (SSSR count). The lowest BCUT2D eigenvalue weighted by Crippen LogP contribution is -2.15. The molecule has 0 fully saturated rings. The van der Waals surface area contributed by atoms with Crippen molar-refractivity contribution in [2.24, 2.45) is 0 Å². The highest BCUT2D eigenvalue weighted by Gasteiger charge is 2.16. The molecule has 0 aliphatic carbocycles. The van der Waals surface area contributed by atoms with Gasteiger partial charge in [-0.25, -0.2) is 12.8 Å². The van der Waals surface area contributed by atoms with Crippen molar-refractivity contribution in [2.75, 3.05) is 10.0 Å². The van der Waals surface area contributed by atoms with Crippen molar-refractivity contribution >= 4 is 27.3 Å². The van der Waals surface area contributed by atoms with Crippen LogP contribution in [0.25, 0.3) is 5.69 Å². The van der Waals surface area contributed by atoms with Crippen LogP contribution in [0.3, 0.4) is 0 Å². The summed E-state index contributed by atoms with van der Waals surface area (Å²) < 4.78 is 43.5. The number of hydrogen-bond acceptors (Lipinski definition) is 6. The summed E-state index contributed by atoms with van der Waals surface area (Å²) in [5.74, 6) is -0.684. The van der Waals surface area contributed by atoms with Crippen LogP contribution in [0.4, 0.5) is 15.8 Å². The van der Waals surface area contributed by atoms with Crippen LogP contribution in [0, 0.1) is 26.6 Å². The first-order valence-corrected chi connectivity index (χ1v) is 11.7. The van der Waals surface area contributed by atoms with E-state index in [1.54, 1.807) is 19.1 Å². The molecule has 174 valence electrons. The molecule has 0 unspecified atom stereocenters. The van der Waals surface area contributed by atoms with E-state index in [-0.39, 0.29) is 21.8 Å². The highest BCUT2D eigenvalue weighted by Crippen LogP contribution is 2.22. The molecule has 4 aromatic rings. The van der Waals surface area contributed by atoms with Crippen molar-refractivity contribution in [1.29, 1.82) is 0 Å². The quantitative estimate of drug-likeness (QED) is 0.434. The Hall–Kier alpha value is -4.12. The highest BCUT2D eigenvalue weighted by atomic mass is 32.2. The molecule has 0 saturated carbocycles. The second-order valence-corrected chi connectivity index (χ2v) is 9.37. The number of anilines is 2. The van der Waals surface area contributed by atoms with Crippen LogP contribution in [0.2, 0.25) is 0 Å². The Balaban J connectivity index is 1.49. The zero-order valence-corrected chi connectivity index (χ0v) is 19.4. The van der Waals surface area contributed by atoms with E-state index in [1.807, 2.05) is 13.8 Å².